The highest BCUT2D eigenvalue weighted by molar-refractivity contribution is 6.21. The first kappa shape index (κ1) is 11.0. The third-order valence-electron chi connectivity index (χ3n) is 0.404. The van der Waals surface area contributed by atoms with Crippen molar-refractivity contribution in [1.29, 1.82) is 5.41 Å². The Morgan fingerprint density at radius 2 is 2.22 bits per heavy atom. The Morgan fingerprint density at radius 3 is 2.33 bits per heavy atom. The molecule has 2 N–H and O–H groups in total. The molecule has 0 saturated heterocycles. The van der Waals surface area contributed by atoms with Crippen LogP contribution in [-0.4, -0.2) is 31.0 Å². The summed E-state index contributed by atoms with van der Waals surface area (Å²) in [6.45, 7) is 2.04. The first-order valence-electron chi connectivity index (χ1n) is 2.43. The number of carbonyl (C=O) groups is 1. The molecule has 0 atom stereocenters. The molecule has 9 heavy (non-hydrogen) atoms. The Hall–Kier alpha value is -0.900. The minimum absolute atomic E-state index is 0.341. The average Bonchev–Trinajstić information content (AvgIpc) is 1.93. The van der Waals surface area contributed by atoms with Crippen LogP contribution in [0.2, 0.25) is 0 Å². The highest BCUT2D eigenvalue weighted by atomic mass is 16.5. The molecule has 0 aromatic heterocycles. The SMILES string of the molecule is CCOC(=O)C=N.CO. The van der Waals surface area contributed by atoms with E-state index in [0.29, 0.717) is 12.8 Å². The molecule has 54 valence electrons. The largest absolute Gasteiger partial charge is 0.462 e. The van der Waals surface area contributed by atoms with E-state index in [1.54, 1.807) is 6.92 Å². The summed E-state index contributed by atoms with van der Waals surface area (Å²) in [6, 6.07) is 0. The molecule has 0 aromatic rings. The van der Waals surface area contributed by atoms with Crippen molar-refractivity contribution < 1.29 is 14.6 Å². The number of aliphatic hydroxyl groups is 1. The Kier molecular flexibility index (Phi) is 12.4. The van der Waals surface area contributed by atoms with E-state index in [9.17, 15) is 4.79 Å². The molecule has 0 aliphatic rings. The zero-order valence-corrected chi connectivity index (χ0v) is 5.55. The summed E-state index contributed by atoms with van der Waals surface area (Å²) in [5.41, 5.74) is 0. The Labute approximate surface area is 54.0 Å². The van der Waals surface area contributed by atoms with E-state index in [1.807, 2.05) is 0 Å². The number of rotatable bonds is 2. The lowest BCUT2D eigenvalue weighted by atomic mass is 10.7. The predicted octanol–water partition coefficient (Wildman–Crippen LogP) is -0.192. The van der Waals surface area contributed by atoms with Crippen molar-refractivity contribution in [2.75, 3.05) is 13.7 Å². The molecule has 0 bridgehead atoms. The average molecular weight is 133 g/mol. The van der Waals surface area contributed by atoms with E-state index in [-0.39, 0.29) is 0 Å². The minimum atomic E-state index is -0.581. The van der Waals surface area contributed by atoms with Gasteiger partial charge in [-0.3, -0.25) is 0 Å². The molecule has 0 fully saturated rings. The summed E-state index contributed by atoms with van der Waals surface area (Å²) in [4.78, 5) is 9.95. The van der Waals surface area contributed by atoms with Crippen LogP contribution in [0.5, 0.6) is 0 Å². The van der Waals surface area contributed by atoms with E-state index in [1.165, 1.54) is 0 Å². The molecule has 0 heterocycles. The maximum absolute atomic E-state index is 9.95. The fourth-order valence-electron chi connectivity index (χ4n) is 0.184. The van der Waals surface area contributed by atoms with E-state index >= 15 is 0 Å². The monoisotopic (exact) mass is 133 g/mol. The fraction of sp³-hybridized carbons (Fsp3) is 0.600. The molecule has 0 aliphatic carbocycles. The van der Waals surface area contributed by atoms with Crippen LogP contribution in [0, 0.1) is 5.41 Å². The number of hydrogen-bond acceptors (Lipinski definition) is 4. The number of ether oxygens (including phenoxy) is 1. The second-order valence-corrected chi connectivity index (χ2v) is 0.896. The van der Waals surface area contributed by atoms with Crippen molar-refractivity contribution in [3.05, 3.63) is 0 Å². The van der Waals surface area contributed by atoms with Crippen molar-refractivity contribution in [3.8, 4) is 0 Å². The van der Waals surface area contributed by atoms with Crippen LogP contribution in [-0.2, 0) is 9.53 Å². The lowest BCUT2D eigenvalue weighted by Gasteiger charge is -1.89. The molecule has 0 aromatic carbocycles. The highest BCUT2D eigenvalue weighted by Gasteiger charge is 1.88. The molecule has 4 heteroatoms. The summed E-state index contributed by atoms with van der Waals surface area (Å²) < 4.78 is 4.31. The summed E-state index contributed by atoms with van der Waals surface area (Å²) in [5, 5.41) is 13.3. The molecule has 0 saturated carbocycles. The Bertz CT molecular complexity index is 82.3. The zero-order chi connectivity index (χ0) is 7.70. The maximum Gasteiger partial charge on any atom is 0.348 e. The number of aliphatic hydroxyl groups excluding tert-OH is 1. The quantitative estimate of drug-likeness (QED) is 0.405. The zero-order valence-electron chi connectivity index (χ0n) is 5.55. The molecule has 0 amide bonds. The van der Waals surface area contributed by atoms with Crippen molar-refractivity contribution in [3.63, 3.8) is 0 Å². The van der Waals surface area contributed by atoms with Crippen LogP contribution < -0.4 is 0 Å². The molecule has 0 spiro atoms. The second kappa shape index (κ2) is 10.2. The maximum atomic E-state index is 9.95. The van der Waals surface area contributed by atoms with E-state index in [4.69, 9.17) is 10.5 Å². The summed E-state index contributed by atoms with van der Waals surface area (Å²) in [7, 11) is 1.00. The first-order valence-corrected chi connectivity index (χ1v) is 2.43. The van der Waals surface area contributed by atoms with Gasteiger partial charge in [-0.05, 0) is 6.92 Å². The van der Waals surface area contributed by atoms with Gasteiger partial charge >= 0.3 is 5.97 Å². The number of carbonyl (C=O) groups excluding carboxylic acids is 1. The topological polar surface area (TPSA) is 70.4 Å². The predicted molar refractivity (Wildman–Crippen MR) is 33.6 cm³/mol. The van der Waals surface area contributed by atoms with Crippen LogP contribution in [0.4, 0.5) is 0 Å². The van der Waals surface area contributed by atoms with Gasteiger partial charge in [0.05, 0.1) is 6.61 Å². The van der Waals surface area contributed by atoms with Crippen LogP contribution in [0.1, 0.15) is 6.92 Å². The summed E-state index contributed by atoms with van der Waals surface area (Å²) in [5.74, 6) is -0.581. The molecular formula is C5H11NO3. The van der Waals surface area contributed by atoms with Gasteiger partial charge in [0, 0.05) is 7.11 Å². The minimum Gasteiger partial charge on any atom is -0.462 e. The van der Waals surface area contributed by atoms with Crippen LogP contribution >= 0.6 is 0 Å². The number of esters is 1. The Morgan fingerprint density at radius 1 is 1.78 bits per heavy atom. The normalized spacial score (nSPS) is 6.56. The molecular weight excluding hydrogens is 122 g/mol. The van der Waals surface area contributed by atoms with Crippen molar-refractivity contribution in [2.24, 2.45) is 0 Å². The number of nitrogens with one attached hydrogen (secondary N) is 1. The molecule has 0 radical (unpaired) electrons. The van der Waals surface area contributed by atoms with E-state index < -0.39 is 5.97 Å². The molecule has 4 nitrogen and oxygen atoms in total. The van der Waals surface area contributed by atoms with Gasteiger partial charge in [-0.1, -0.05) is 0 Å². The van der Waals surface area contributed by atoms with Gasteiger partial charge in [0.15, 0.2) is 0 Å². The van der Waals surface area contributed by atoms with E-state index in [0.717, 1.165) is 7.11 Å². The molecule has 0 aliphatic heterocycles. The van der Waals surface area contributed by atoms with Gasteiger partial charge in [-0.25, -0.2) is 4.79 Å². The first-order chi connectivity index (χ1) is 4.31. The standard InChI is InChI=1S/C4H7NO2.CH4O/c1-2-7-4(6)3-5;1-2/h3,5H,2H2,1H3;2H,1H3. The fourth-order valence-corrected chi connectivity index (χ4v) is 0.184. The molecule has 0 unspecified atom stereocenters. The van der Waals surface area contributed by atoms with Crippen molar-refractivity contribution >= 4 is 12.2 Å². The van der Waals surface area contributed by atoms with E-state index in [2.05, 4.69) is 4.74 Å². The number of hydrogen-bond donors (Lipinski definition) is 2. The summed E-state index contributed by atoms with van der Waals surface area (Å²) >= 11 is 0. The third-order valence-corrected chi connectivity index (χ3v) is 0.404. The third kappa shape index (κ3) is 11.0. The van der Waals surface area contributed by atoms with Gasteiger partial charge in [0.25, 0.3) is 0 Å². The lowest BCUT2D eigenvalue weighted by Crippen LogP contribution is -2.02. The van der Waals surface area contributed by atoms with Gasteiger partial charge in [0.2, 0.25) is 0 Å². The van der Waals surface area contributed by atoms with Gasteiger partial charge in [0.1, 0.15) is 6.21 Å². The summed E-state index contributed by atoms with van der Waals surface area (Å²) in [6.07, 6.45) is 0.642. The van der Waals surface area contributed by atoms with Crippen molar-refractivity contribution in [1.82, 2.24) is 0 Å². The van der Waals surface area contributed by atoms with Gasteiger partial charge in [-0.2, -0.15) is 0 Å². The van der Waals surface area contributed by atoms with Gasteiger partial charge in [-0.15, -0.1) is 0 Å². The van der Waals surface area contributed by atoms with Crippen LogP contribution in [0.15, 0.2) is 0 Å². The van der Waals surface area contributed by atoms with Gasteiger partial charge < -0.3 is 15.3 Å². The smallest absolute Gasteiger partial charge is 0.348 e. The lowest BCUT2D eigenvalue weighted by molar-refractivity contribution is -0.134. The van der Waals surface area contributed by atoms with Crippen molar-refractivity contribution in [2.45, 2.75) is 6.92 Å². The highest BCUT2D eigenvalue weighted by Crippen LogP contribution is 1.68. The Balaban J connectivity index is 0. The second-order valence-electron chi connectivity index (χ2n) is 0.896. The molecule has 0 rings (SSSR count). The van der Waals surface area contributed by atoms with Crippen LogP contribution in [0.3, 0.4) is 0 Å². The van der Waals surface area contributed by atoms with Crippen LogP contribution in [0.25, 0.3) is 0 Å².